The van der Waals surface area contributed by atoms with Crippen LogP contribution in [0.1, 0.15) is 139 Å². The molecule has 0 unspecified atom stereocenters. The van der Waals surface area contributed by atoms with Crippen LogP contribution in [-0.2, 0) is 12.8 Å². The molecular weight excluding hydrogens is 746 g/mol. The van der Waals surface area contributed by atoms with Crippen molar-refractivity contribution in [2.75, 3.05) is 0 Å². The summed E-state index contributed by atoms with van der Waals surface area (Å²) < 4.78 is 0. The van der Waals surface area contributed by atoms with E-state index in [0.29, 0.717) is 38.2 Å². The Balaban J connectivity index is 0.000000250. The Kier molecular flexibility index (Phi) is 24.3. The summed E-state index contributed by atoms with van der Waals surface area (Å²) >= 11 is 23.1. The Morgan fingerprint density at radius 3 is 1.36 bits per heavy atom. The first-order valence-corrected chi connectivity index (χ1v) is 20.9. The second-order valence-corrected chi connectivity index (χ2v) is 15.4. The average molecular weight is 807 g/mol. The van der Waals surface area contributed by atoms with Crippen LogP contribution in [0.2, 0.25) is 20.1 Å². The van der Waals surface area contributed by atoms with Gasteiger partial charge >= 0.3 is 0 Å². The van der Waals surface area contributed by atoms with Crippen LogP contribution in [0, 0.1) is 0 Å². The second kappa shape index (κ2) is 27.8. The van der Waals surface area contributed by atoms with E-state index in [0.717, 1.165) is 47.4 Å². The van der Waals surface area contributed by atoms with Crippen molar-refractivity contribution in [1.82, 2.24) is 0 Å². The lowest BCUT2D eigenvalue weighted by Crippen LogP contribution is -2.04. The minimum atomic E-state index is 0.133. The van der Waals surface area contributed by atoms with Crippen molar-refractivity contribution in [3.8, 4) is 23.0 Å². The maximum atomic E-state index is 9.73. The zero-order valence-corrected chi connectivity index (χ0v) is 34.6. The van der Waals surface area contributed by atoms with Crippen molar-refractivity contribution >= 4 is 46.4 Å². The molecule has 4 nitrogen and oxygen atoms in total. The van der Waals surface area contributed by atoms with Gasteiger partial charge in [-0.1, -0.05) is 149 Å². The highest BCUT2D eigenvalue weighted by Gasteiger charge is 2.18. The minimum Gasteiger partial charge on any atom is -0.508 e. The molecule has 1 aliphatic rings. The number of phenols is 4. The van der Waals surface area contributed by atoms with E-state index in [2.05, 4.69) is 13.8 Å². The molecule has 1 saturated carbocycles. The van der Waals surface area contributed by atoms with Crippen molar-refractivity contribution in [2.24, 2.45) is 0 Å². The Bertz CT molecular complexity index is 1550. The number of hydrogen-bond donors (Lipinski definition) is 4. The number of halogens is 4. The van der Waals surface area contributed by atoms with Gasteiger partial charge < -0.3 is 20.4 Å². The fourth-order valence-corrected chi connectivity index (χ4v) is 6.95. The van der Waals surface area contributed by atoms with E-state index < -0.39 is 0 Å². The molecule has 5 rings (SSSR count). The average Bonchev–Trinajstić information content (AvgIpc) is 3.16. The number of unbranched alkanes of at least 4 members (excludes halogenated alkanes) is 9. The van der Waals surface area contributed by atoms with E-state index in [1.54, 1.807) is 60.7 Å². The van der Waals surface area contributed by atoms with Gasteiger partial charge in [-0.05, 0) is 128 Å². The lowest BCUT2D eigenvalue weighted by atomic mass is 9.84. The molecule has 0 bridgehead atoms. The fraction of sp³-hybridized carbons (Fsp3) is 0.467. The Morgan fingerprint density at radius 2 is 0.906 bits per heavy atom. The normalized spacial score (nSPS) is 12.4. The van der Waals surface area contributed by atoms with Crippen molar-refractivity contribution in [3.63, 3.8) is 0 Å². The van der Waals surface area contributed by atoms with Crippen molar-refractivity contribution in [3.05, 3.63) is 116 Å². The zero-order valence-electron chi connectivity index (χ0n) is 31.6. The van der Waals surface area contributed by atoms with Gasteiger partial charge in [-0.2, -0.15) is 0 Å². The molecule has 0 aromatic heterocycles. The number of hydrogen-bond acceptors (Lipinski definition) is 4. The standard InChI is InChI=1S/C14H21ClO.C13H19ClO.C12H15ClO.C6H5ClO/c1-2-3-4-5-6-7-8-12-11-13(15)9-10-14(12)16;1-2-3-4-5-6-7-11-10-12(14)8-9-13(11)15;13-10-6-7-12(14)11(8-10)9-4-2-1-3-5-9;7-5-3-1-2-4-6(5)8/h9-11,16H,2-8H2,1H3;8-10,15H,2-7H2,1H3;6-9,14H,1-5H2;1-4,8H. The highest BCUT2D eigenvalue weighted by atomic mass is 35.5. The molecule has 0 heterocycles. The van der Waals surface area contributed by atoms with Crippen molar-refractivity contribution in [1.29, 1.82) is 0 Å². The molecule has 0 amide bonds. The number of para-hydroxylation sites is 1. The van der Waals surface area contributed by atoms with Gasteiger partial charge in [0.1, 0.15) is 23.0 Å². The lowest BCUT2D eigenvalue weighted by molar-refractivity contribution is 0.414. The number of aryl methyl sites for hydroxylation is 2. The van der Waals surface area contributed by atoms with E-state index in [1.807, 2.05) is 18.2 Å². The number of phenolic OH excluding ortho intramolecular Hbond substituents is 4. The highest BCUT2D eigenvalue weighted by molar-refractivity contribution is 6.32. The molecule has 1 fully saturated rings. The smallest absolute Gasteiger partial charge is 0.134 e. The van der Waals surface area contributed by atoms with Crippen LogP contribution in [0.4, 0.5) is 0 Å². The van der Waals surface area contributed by atoms with Crippen LogP contribution in [-0.4, -0.2) is 20.4 Å². The summed E-state index contributed by atoms with van der Waals surface area (Å²) in [5.41, 5.74) is 2.99. The first-order valence-electron chi connectivity index (χ1n) is 19.4. The molecule has 4 N–H and O–H groups in total. The highest BCUT2D eigenvalue weighted by Crippen LogP contribution is 2.38. The van der Waals surface area contributed by atoms with Gasteiger partial charge in [-0.3, -0.25) is 0 Å². The summed E-state index contributed by atoms with van der Waals surface area (Å²) in [6.45, 7) is 4.44. The Morgan fingerprint density at radius 1 is 0.472 bits per heavy atom. The minimum absolute atomic E-state index is 0.133. The quantitative estimate of drug-likeness (QED) is 0.0957. The third-order valence-corrected chi connectivity index (χ3v) is 10.3. The molecule has 292 valence electrons. The van der Waals surface area contributed by atoms with Gasteiger partial charge in [-0.15, -0.1) is 0 Å². The second-order valence-electron chi connectivity index (χ2n) is 13.7. The Hall–Kier alpha value is -2.76. The molecule has 0 aliphatic heterocycles. The summed E-state index contributed by atoms with van der Waals surface area (Å²) in [6, 6.07) is 22.5. The third kappa shape index (κ3) is 19.9. The van der Waals surface area contributed by atoms with Gasteiger partial charge in [0.25, 0.3) is 0 Å². The molecule has 8 heteroatoms. The molecule has 4 aromatic carbocycles. The number of rotatable bonds is 14. The molecule has 0 radical (unpaired) electrons. The predicted molar refractivity (Wildman–Crippen MR) is 228 cm³/mol. The topological polar surface area (TPSA) is 80.9 Å². The largest absolute Gasteiger partial charge is 0.508 e. The molecule has 53 heavy (non-hydrogen) atoms. The Labute approximate surface area is 339 Å². The molecule has 4 aromatic rings. The number of aromatic hydroxyl groups is 4. The van der Waals surface area contributed by atoms with Crippen molar-refractivity contribution in [2.45, 2.75) is 135 Å². The number of benzene rings is 4. The van der Waals surface area contributed by atoms with Crippen molar-refractivity contribution < 1.29 is 20.4 Å². The zero-order chi connectivity index (χ0) is 38.8. The van der Waals surface area contributed by atoms with Gasteiger partial charge in [-0.25, -0.2) is 0 Å². The SMILES string of the molecule is CCCCCCCCc1cc(Cl)ccc1O.CCCCCCCc1cc(Cl)ccc1O.Oc1ccc(Cl)cc1C1CCCCC1.Oc1ccccc1Cl. The molecule has 0 saturated heterocycles. The summed E-state index contributed by atoms with van der Waals surface area (Å²) in [4.78, 5) is 0. The van der Waals surface area contributed by atoms with Gasteiger partial charge in [0.05, 0.1) is 5.02 Å². The first-order chi connectivity index (χ1) is 25.5. The van der Waals surface area contributed by atoms with E-state index in [1.165, 1.54) is 89.9 Å². The lowest BCUT2D eigenvalue weighted by Gasteiger charge is -2.22. The maximum absolute atomic E-state index is 9.73. The molecule has 1 aliphatic carbocycles. The van der Waals surface area contributed by atoms with E-state index in [-0.39, 0.29) is 5.75 Å². The van der Waals surface area contributed by atoms with E-state index in [9.17, 15) is 15.3 Å². The predicted octanol–water partition coefficient (Wildman–Crippen LogP) is 15.6. The van der Waals surface area contributed by atoms with Crippen LogP contribution >= 0.6 is 46.4 Å². The summed E-state index contributed by atoms with van der Waals surface area (Å²) in [5, 5.41) is 40.2. The first kappa shape index (κ1) is 46.4. The summed E-state index contributed by atoms with van der Waals surface area (Å²) in [7, 11) is 0. The molecule has 0 spiro atoms. The van der Waals surface area contributed by atoms with Gasteiger partial charge in [0, 0.05) is 15.1 Å². The van der Waals surface area contributed by atoms with Crippen LogP contribution in [0.3, 0.4) is 0 Å². The monoisotopic (exact) mass is 804 g/mol. The van der Waals surface area contributed by atoms with Gasteiger partial charge in [0.2, 0.25) is 0 Å². The molecular formula is C45H60Cl4O4. The van der Waals surface area contributed by atoms with Crippen LogP contribution in [0.25, 0.3) is 0 Å². The van der Waals surface area contributed by atoms with Crippen LogP contribution in [0.15, 0.2) is 78.9 Å². The fourth-order valence-electron chi connectivity index (χ4n) is 6.24. The maximum Gasteiger partial charge on any atom is 0.134 e. The van der Waals surface area contributed by atoms with Crippen LogP contribution in [0.5, 0.6) is 23.0 Å². The summed E-state index contributed by atoms with van der Waals surface area (Å²) in [6.07, 6.45) is 22.0. The summed E-state index contributed by atoms with van der Waals surface area (Å²) in [5.74, 6) is 1.80. The van der Waals surface area contributed by atoms with Gasteiger partial charge in [0.15, 0.2) is 0 Å². The van der Waals surface area contributed by atoms with Crippen LogP contribution < -0.4 is 0 Å². The van der Waals surface area contributed by atoms with E-state index >= 15 is 0 Å². The van der Waals surface area contributed by atoms with E-state index in [4.69, 9.17) is 51.5 Å². The molecule has 0 atom stereocenters. The third-order valence-electron chi connectivity index (χ3n) is 9.32.